The fraction of sp³-hybridized carbons (Fsp3) is 0.214. The highest BCUT2D eigenvalue weighted by Gasteiger charge is 2.08. The molecule has 0 unspecified atom stereocenters. The van der Waals surface area contributed by atoms with E-state index in [0.717, 1.165) is 5.56 Å². The zero-order chi connectivity index (χ0) is 15.0. The highest BCUT2D eigenvalue weighted by atomic mass is 32.2. The van der Waals surface area contributed by atoms with E-state index in [-0.39, 0.29) is 6.61 Å². The van der Waals surface area contributed by atoms with E-state index < -0.39 is 21.8 Å². The summed E-state index contributed by atoms with van der Waals surface area (Å²) in [5, 5.41) is 0. The molecule has 108 valence electrons. The Morgan fingerprint density at radius 2 is 1.95 bits per heavy atom. The predicted octanol–water partition coefficient (Wildman–Crippen LogP) is 2.08. The van der Waals surface area contributed by atoms with Gasteiger partial charge in [-0.25, -0.2) is 4.79 Å². The second-order valence-corrected chi connectivity index (χ2v) is 5.61. The fourth-order valence-corrected chi connectivity index (χ4v) is 1.58. The zero-order valence-corrected chi connectivity index (χ0v) is 11.8. The van der Waals surface area contributed by atoms with Gasteiger partial charge >= 0.3 is 5.97 Å². The molecule has 0 aliphatic carbocycles. The van der Waals surface area contributed by atoms with E-state index in [1.165, 1.54) is 0 Å². The molecule has 1 aromatic carbocycles. The summed E-state index contributed by atoms with van der Waals surface area (Å²) in [7, 11) is -4.11. The molecular formula is C14H16O5S. The maximum Gasteiger partial charge on any atom is 0.333 e. The highest BCUT2D eigenvalue weighted by molar-refractivity contribution is 7.85. The van der Waals surface area contributed by atoms with Gasteiger partial charge in [0.1, 0.15) is 12.4 Å². The average Bonchev–Trinajstić information content (AvgIpc) is 2.38. The van der Waals surface area contributed by atoms with Crippen molar-refractivity contribution in [2.24, 2.45) is 0 Å². The number of hydrogen-bond acceptors (Lipinski definition) is 4. The van der Waals surface area contributed by atoms with Crippen molar-refractivity contribution in [3.63, 3.8) is 0 Å². The first-order valence-corrected chi connectivity index (χ1v) is 7.52. The third-order valence-electron chi connectivity index (χ3n) is 2.33. The molecule has 0 spiro atoms. The van der Waals surface area contributed by atoms with E-state index in [2.05, 4.69) is 0 Å². The molecule has 0 atom stereocenters. The van der Waals surface area contributed by atoms with E-state index in [9.17, 15) is 13.2 Å². The summed E-state index contributed by atoms with van der Waals surface area (Å²) < 4.78 is 34.1. The monoisotopic (exact) mass is 296 g/mol. The number of esters is 1. The Kier molecular flexibility index (Phi) is 6.14. The smallest absolute Gasteiger partial charge is 0.333 e. The molecule has 20 heavy (non-hydrogen) atoms. The molecule has 0 saturated carbocycles. The number of ether oxygens (including phenoxy) is 1. The second kappa shape index (κ2) is 7.62. The standard InChI is InChI=1S/C14H16O5S/c1-12(14(15)19-10-11-20(16,17)18)6-5-9-13-7-3-2-4-8-13/h2-9H,10-11H2,1H3,(H,16,17,18). The minimum atomic E-state index is -4.11. The molecule has 0 heterocycles. The first kappa shape index (κ1) is 16.1. The molecule has 0 radical (unpaired) electrons. The highest BCUT2D eigenvalue weighted by Crippen LogP contribution is 2.03. The van der Waals surface area contributed by atoms with Gasteiger partial charge in [0.2, 0.25) is 0 Å². The Morgan fingerprint density at radius 3 is 2.55 bits per heavy atom. The van der Waals surface area contributed by atoms with Crippen LogP contribution in [0.2, 0.25) is 0 Å². The van der Waals surface area contributed by atoms with Crippen LogP contribution in [0.25, 0.3) is 6.08 Å². The summed E-state index contributed by atoms with van der Waals surface area (Å²) in [5.74, 6) is -1.22. The summed E-state index contributed by atoms with van der Waals surface area (Å²) in [6.07, 6.45) is 5.10. The quantitative estimate of drug-likeness (QED) is 0.376. The van der Waals surface area contributed by atoms with Crippen LogP contribution in [0.15, 0.2) is 48.1 Å². The lowest BCUT2D eigenvalue weighted by molar-refractivity contribution is -0.138. The molecule has 0 fully saturated rings. The van der Waals surface area contributed by atoms with Crippen LogP contribution in [-0.4, -0.2) is 31.3 Å². The summed E-state index contributed by atoms with van der Waals surface area (Å²) in [6.45, 7) is 1.19. The molecule has 1 rings (SSSR count). The molecule has 0 amide bonds. The fourth-order valence-electron chi connectivity index (χ4n) is 1.29. The van der Waals surface area contributed by atoms with Crippen molar-refractivity contribution in [3.05, 3.63) is 53.6 Å². The van der Waals surface area contributed by atoms with Gasteiger partial charge in [-0.05, 0) is 12.5 Å². The topological polar surface area (TPSA) is 80.7 Å². The van der Waals surface area contributed by atoms with E-state index in [4.69, 9.17) is 9.29 Å². The van der Waals surface area contributed by atoms with Gasteiger partial charge in [0.15, 0.2) is 0 Å². The lowest BCUT2D eigenvalue weighted by Crippen LogP contribution is -2.15. The molecule has 0 aliphatic rings. The Bertz CT molecular complexity index is 600. The molecular weight excluding hydrogens is 280 g/mol. The number of hydrogen-bond donors (Lipinski definition) is 1. The molecule has 0 bridgehead atoms. The van der Waals surface area contributed by atoms with Crippen LogP contribution < -0.4 is 0 Å². The van der Waals surface area contributed by atoms with Crippen molar-refractivity contribution in [1.82, 2.24) is 0 Å². The lowest BCUT2D eigenvalue weighted by Gasteiger charge is -2.02. The average molecular weight is 296 g/mol. The van der Waals surface area contributed by atoms with Crippen LogP contribution in [0.1, 0.15) is 12.5 Å². The number of rotatable bonds is 6. The molecule has 1 N–H and O–H groups in total. The molecule has 0 saturated heterocycles. The van der Waals surface area contributed by atoms with Gasteiger partial charge < -0.3 is 4.74 Å². The first-order valence-electron chi connectivity index (χ1n) is 5.91. The molecule has 0 aromatic heterocycles. The van der Waals surface area contributed by atoms with Gasteiger partial charge in [0.25, 0.3) is 10.1 Å². The van der Waals surface area contributed by atoms with E-state index in [0.29, 0.717) is 5.57 Å². The number of benzene rings is 1. The third kappa shape index (κ3) is 6.86. The van der Waals surface area contributed by atoms with Crippen molar-refractivity contribution in [2.75, 3.05) is 12.4 Å². The first-order chi connectivity index (χ1) is 9.38. The van der Waals surface area contributed by atoms with Crippen LogP contribution in [0.5, 0.6) is 0 Å². The zero-order valence-electron chi connectivity index (χ0n) is 11.0. The van der Waals surface area contributed by atoms with Crippen LogP contribution in [0.4, 0.5) is 0 Å². The van der Waals surface area contributed by atoms with Gasteiger partial charge in [0.05, 0.1) is 0 Å². The lowest BCUT2D eigenvalue weighted by atomic mass is 10.2. The SMILES string of the molecule is CC(=CC=Cc1ccccc1)C(=O)OCCS(=O)(=O)O. The summed E-state index contributed by atoms with van der Waals surface area (Å²) in [4.78, 5) is 11.5. The van der Waals surface area contributed by atoms with E-state index >= 15 is 0 Å². The molecule has 0 aliphatic heterocycles. The van der Waals surface area contributed by atoms with E-state index in [1.54, 1.807) is 19.1 Å². The molecule has 1 aromatic rings. The molecule has 5 nitrogen and oxygen atoms in total. The van der Waals surface area contributed by atoms with Gasteiger partial charge in [0, 0.05) is 5.57 Å². The largest absolute Gasteiger partial charge is 0.461 e. The Labute approximate surface area is 118 Å². The second-order valence-electron chi connectivity index (χ2n) is 4.04. The van der Waals surface area contributed by atoms with Crippen LogP contribution in [0, 0.1) is 0 Å². The van der Waals surface area contributed by atoms with Crippen molar-refractivity contribution < 1.29 is 22.5 Å². The Balaban J connectivity index is 2.48. The Hall–Kier alpha value is -1.92. The van der Waals surface area contributed by atoms with Gasteiger partial charge in [-0.1, -0.05) is 48.6 Å². The number of carbonyl (C=O) groups excluding carboxylic acids is 1. The van der Waals surface area contributed by atoms with Crippen LogP contribution in [0.3, 0.4) is 0 Å². The van der Waals surface area contributed by atoms with Gasteiger partial charge in [-0.15, -0.1) is 0 Å². The van der Waals surface area contributed by atoms with Crippen LogP contribution >= 0.6 is 0 Å². The van der Waals surface area contributed by atoms with Crippen LogP contribution in [-0.2, 0) is 19.6 Å². The number of allylic oxidation sites excluding steroid dienone is 2. The summed E-state index contributed by atoms with van der Waals surface area (Å²) >= 11 is 0. The minimum absolute atomic E-state index is 0.340. The maximum absolute atomic E-state index is 11.5. The third-order valence-corrected chi connectivity index (χ3v) is 3.01. The predicted molar refractivity (Wildman–Crippen MR) is 76.6 cm³/mol. The van der Waals surface area contributed by atoms with Crippen molar-refractivity contribution >= 4 is 22.2 Å². The minimum Gasteiger partial charge on any atom is -0.461 e. The van der Waals surface area contributed by atoms with Gasteiger partial charge in [-0.3, -0.25) is 4.55 Å². The van der Waals surface area contributed by atoms with E-state index in [1.807, 2.05) is 36.4 Å². The Morgan fingerprint density at radius 1 is 1.30 bits per heavy atom. The molecule has 6 heteroatoms. The van der Waals surface area contributed by atoms with Crippen molar-refractivity contribution in [3.8, 4) is 0 Å². The summed E-state index contributed by atoms with van der Waals surface area (Å²) in [6, 6.07) is 9.55. The van der Waals surface area contributed by atoms with Crippen molar-refractivity contribution in [1.29, 1.82) is 0 Å². The van der Waals surface area contributed by atoms with Gasteiger partial charge in [-0.2, -0.15) is 8.42 Å². The van der Waals surface area contributed by atoms with Crippen molar-refractivity contribution in [2.45, 2.75) is 6.92 Å². The maximum atomic E-state index is 11.5. The number of carbonyl (C=O) groups is 1. The normalized spacial score (nSPS) is 12.6. The summed E-state index contributed by atoms with van der Waals surface area (Å²) in [5.41, 5.74) is 1.34.